The largest absolute Gasteiger partial charge is 0.368 e. The van der Waals surface area contributed by atoms with Gasteiger partial charge in [0.1, 0.15) is 6.04 Å². The van der Waals surface area contributed by atoms with E-state index in [1.54, 1.807) is 0 Å². The van der Waals surface area contributed by atoms with Gasteiger partial charge in [0.25, 0.3) is 0 Å². The van der Waals surface area contributed by atoms with Crippen molar-refractivity contribution in [3.05, 3.63) is 0 Å². The van der Waals surface area contributed by atoms with E-state index < -0.39 is 11.9 Å². The van der Waals surface area contributed by atoms with Gasteiger partial charge >= 0.3 is 0 Å². The Morgan fingerprint density at radius 2 is 1.94 bits per heavy atom. The Kier molecular flexibility index (Phi) is 5.37. The van der Waals surface area contributed by atoms with Crippen molar-refractivity contribution in [2.45, 2.75) is 19.9 Å². The van der Waals surface area contributed by atoms with Gasteiger partial charge in [-0.25, -0.2) is 0 Å². The predicted octanol–water partition coefficient (Wildman–Crippen LogP) is -1.48. The van der Waals surface area contributed by atoms with E-state index in [1.165, 1.54) is 0 Å². The second-order valence-corrected chi connectivity index (χ2v) is 4.72. The lowest BCUT2D eigenvalue weighted by atomic mass is 10.0. The molecule has 6 heteroatoms. The summed E-state index contributed by atoms with van der Waals surface area (Å²) in [6, 6.07) is -0.578. The average molecular weight is 242 g/mol. The van der Waals surface area contributed by atoms with Crippen LogP contribution >= 0.6 is 0 Å². The highest BCUT2D eigenvalue weighted by Crippen LogP contribution is 2.01. The van der Waals surface area contributed by atoms with Crippen molar-refractivity contribution < 1.29 is 9.59 Å². The van der Waals surface area contributed by atoms with Gasteiger partial charge in [0, 0.05) is 26.2 Å². The number of primary amides is 1. The molecule has 1 saturated heterocycles. The van der Waals surface area contributed by atoms with E-state index in [2.05, 4.69) is 15.5 Å². The molecule has 0 aromatic carbocycles. The van der Waals surface area contributed by atoms with Crippen molar-refractivity contribution in [1.82, 2.24) is 15.5 Å². The van der Waals surface area contributed by atoms with Crippen LogP contribution in [0, 0.1) is 5.92 Å². The van der Waals surface area contributed by atoms with Crippen LogP contribution in [-0.4, -0.2) is 55.5 Å². The molecule has 0 aromatic rings. The maximum absolute atomic E-state index is 11.7. The lowest BCUT2D eigenvalue weighted by Gasteiger charge is -2.27. The van der Waals surface area contributed by atoms with Gasteiger partial charge in [0.15, 0.2) is 0 Å². The van der Waals surface area contributed by atoms with E-state index in [0.717, 1.165) is 26.2 Å². The maximum Gasteiger partial charge on any atom is 0.240 e. The monoisotopic (exact) mass is 242 g/mol. The van der Waals surface area contributed by atoms with E-state index in [4.69, 9.17) is 5.73 Å². The van der Waals surface area contributed by atoms with Gasteiger partial charge in [0.2, 0.25) is 11.8 Å². The minimum absolute atomic E-state index is 0.0134. The SMILES string of the molecule is CC(C)C(NC(=O)CN1CCNCC1)C(N)=O. The lowest BCUT2D eigenvalue weighted by Crippen LogP contribution is -2.52. The second kappa shape index (κ2) is 6.56. The Hall–Kier alpha value is -1.14. The number of rotatable bonds is 5. The number of nitrogens with one attached hydrogen (secondary N) is 2. The van der Waals surface area contributed by atoms with Crippen molar-refractivity contribution in [2.24, 2.45) is 11.7 Å². The molecule has 0 radical (unpaired) electrons. The molecular weight excluding hydrogens is 220 g/mol. The molecule has 0 aliphatic carbocycles. The van der Waals surface area contributed by atoms with Crippen LogP contribution < -0.4 is 16.4 Å². The van der Waals surface area contributed by atoms with Crippen LogP contribution in [0.3, 0.4) is 0 Å². The smallest absolute Gasteiger partial charge is 0.240 e. The summed E-state index contributed by atoms with van der Waals surface area (Å²) in [6.07, 6.45) is 0. The average Bonchev–Trinajstić information content (AvgIpc) is 2.26. The molecule has 1 heterocycles. The predicted molar refractivity (Wildman–Crippen MR) is 65.3 cm³/mol. The Morgan fingerprint density at radius 1 is 1.35 bits per heavy atom. The van der Waals surface area contributed by atoms with E-state index in [1.807, 2.05) is 13.8 Å². The highest BCUT2D eigenvalue weighted by molar-refractivity contribution is 5.87. The molecule has 2 amide bonds. The minimum atomic E-state index is -0.578. The van der Waals surface area contributed by atoms with Gasteiger partial charge in [0.05, 0.1) is 6.54 Å². The highest BCUT2D eigenvalue weighted by Gasteiger charge is 2.22. The van der Waals surface area contributed by atoms with E-state index in [0.29, 0.717) is 6.54 Å². The van der Waals surface area contributed by atoms with Crippen molar-refractivity contribution >= 4 is 11.8 Å². The molecule has 1 aliphatic rings. The molecule has 4 N–H and O–H groups in total. The topological polar surface area (TPSA) is 87.5 Å². The number of hydrogen-bond donors (Lipinski definition) is 3. The minimum Gasteiger partial charge on any atom is -0.368 e. The molecule has 17 heavy (non-hydrogen) atoms. The molecule has 1 fully saturated rings. The maximum atomic E-state index is 11.7. The van der Waals surface area contributed by atoms with Crippen LogP contribution in [0.5, 0.6) is 0 Å². The standard InChI is InChI=1S/C11H22N4O2/c1-8(2)10(11(12)17)14-9(16)7-15-5-3-13-4-6-15/h8,10,13H,3-7H2,1-2H3,(H2,12,17)(H,14,16). The summed E-state index contributed by atoms with van der Waals surface area (Å²) < 4.78 is 0. The molecule has 1 atom stereocenters. The van der Waals surface area contributed by atoms with Gasteiger partial charge in [-0.3, -0.25) is 14.5 Å². The zero-order valence-electron chi connectivity index (χ0n) is 10.5. The van der Waals surface area contributed by atoms with Crippen molar-refractivity contribution in [2.75, 3.05) is 32.7 Å². The highest BCUT2D eigenvalue weighted by atomic mass is 16.2. The van der Waals surface area contributed by atoms with E-state index in [-0.39, 0.29) is 11.8 Å². The van der Waals surface area contributed by atoms with Gasteiger partial charge in [-0.05, 0) is 5.92 Å². The number of amides is 2. The summed E-state index contributed by atoms with van der Waals surface area (Å²) in [5.41, 5.74) is 5.24. The fourth-order valence-corrected chi connectivity index (χ4v) is 1.86. The molecule has 0 bridgehead atoms. The normalized spacial score (nSPS) is 19.0. The van der Waals surface area contributed by atoms with Gasteiger partial charge < -0.3 is 16.4 Å². The van der Waals surface area contributed by atoms with Crippen molar-refractivity contribution in [3.8, 4) is 0 Å². The van der Waals surface area contributed by atoms with Gasteiger partial charge in [-0.1, -0.05) is 13.8 Å². The first-order valence-corrected chi connectivity index (χ1v) is 6.02. The first-order valence-electron chi connectivity index (χ1n) is 6.02. The third-order valence-electron chi connectivity index (χ3n) is 2.87. The summed E-state index contributed by atoms with van der Waals surface area (Å²) in [7, 11) is 0. The van der Waals surface area contributed by atoms with Gasteiger partial charge in [-0.15, -0.1) is 0 Å². The molecule has 1 aliphatic heterocycles. The summed E-state index contributed by atoms with van der Waals surface area (Å²) in [5.74, 6) is -0.600. The van der Waals surface area contributed by atoms with Crippen LogP contribution in [0.25, 0.3) is 0 Å². The summed E-state index contributed by atoms with van der Waals surface area (Å²) >= 11 is 0. The Balaban J connectivity index is 2.38. The molecule has 1 rings (SSSR count). The number of nitrogens with zero attached hydrogens (tertiary/aromatic N) is 1. The Morgan fingerprint density at radius 3 is 2.41 bits per heavy atom. The van der Waals surface area contributed by atoms with Crippen LogP contribution in [-0.2, 0) is 9.59 Å². The summed E-state index contributed by atoms with van der Waals surface area (Å²) in [6.45, 7) is 7.57. The quantitative estimate of drug-likeness (QED) is 0.548. The third-order valence-corrected chi connectivity index (χ3v) is 2.87. The van der Waals surface area contributed by atoms with E-state index >= 15 is 0 Å². The van der Waals surface area contributed by atoms with E-state index in [9.17, 15) is 9.59 Å². The summed E-state index contributed by atoms with van der Waals surface area (Å²) in [4.78, 5) is 25.0. The number of carbonyl (C=O) groups excluding carboxylic acids is 2. The zero-order chi connectivity index (χ0) is 12.8. The zero-order valence-corrected chi connectivity index (χ0v) is 10.5. The Labute approximate surface area is 102 Å². The second-order valence-electron chi connectivity index (χ2n) is 4.72. The molecule has 6 nitrogen and oxygen atoms in total. The van der Waals surface area contributed by atoms with Crippen molar-refractivity contribution in [1.29, 1.82) is 0 Å². The third kappa shape index (κ3) is 4.70. The molecule has 0 aromatic heterocycles. The molecule has 0 spiro atoms. The molecule has 0 saturated carbocycles. The van der Waals surface area contributed by atoms with Gasteiger partial charge in [-0.2, -0.15) is 0 Å². The lowest BCUT2D eigenvalue weighted by molar-refractivity contribution is -0.129. The van der Waals surface area contributed by atoms with Crippen LogP contribution in [0.4, 0.5) is 0 Å². The molecule has 1 unspecified atom stereocenters. The Bertz CT molecular complexity index is 275. The summed E-state index contributed by atoms with van der Waals surface area (Å²) in [5, 5.41) is 5.91. The molecule has 98 valence electrons. The number of nitrogens with two attached hydrogens (primary N) is 1. The first kappa shape index (κ1) is 13.9. The van der Waals surface area contributed by atoms with Crippen LogP contribution in [0.2, 0.25) is 0 Å². The number of hydrogen-bond acceptors (Lipinski definition) is 4. The van der Waals surface area contributed by atoms with Crippen molar-refractivity contribution in [3.63, 3.8) is 0 Å². The fraction of sp³-hybridized carbons (Fsp3) is 0.818. The first-order chi connectivity index (χ1) is 8.00. The van der Waals surface area contributed by atoms with Crippen LogP contribution in [0.1, 0.15) is 13.8 Å². The fourth-order valence-electron chi connectivity index (χ4n) is 1.86. The number of carbonyl (C=O) groups is 2. The van der Waals surface area contributed by atoms with Crippen LogP contribution in [0.15, 0.2) is 0 Å². The number of piperazine rings is 1. The molecular formula is C11H22N4O2.